The van der Waals surface area contributed by atoms with Crippen molar-refractivity contribution in [3.05, 3.63) is 29.8 Å². The Bertz CT molecular complexity index is 592. The average Bonchev–Trinajstić information content (AvgIpc) is 2.51. The van der Waals surface area contributed by atoms with Crippen molar-refractivity contribution in [1.82, 2.24) is 10.6 Å². The molecule has 0 bridgehead atoms. The van der Waals surface area contributed by atoms with Crippen LogP contribution in [0.2, 0.25) is 0 Å². The molecular formula is C16H26ClN5O3. The summed E-state index contributed by atoms with van der Waals surface area (Å²) in [6.07, 6.45) is 0. The number of halogens is 1. The van der Waals surface area contributed by atoms with E-state index in [2.05, 4.69) is 16.0 Å². The van der Waals surface area contributed by atoms with E-state index in [9.17, 15) is 14.4 Å². The number of hydrogen-bond acceptors (Lipinski definition) is 4. The summed E-state index contributed by atoms with van der Waals surface area (Å²) in [4.78, 5) is 34.4. The SMILES string of the molecule is CC(NC(=O)CNC(=O)[C@@H](N)C(C)C)c1ccc(NC(N)=O)cc1.Cl. The van der Waals surface area contributed by atoms with Gasteiger partial charge in [0.25, 0.3) is 0 Å². The summed E-state index contributed by atoms with van der Waals surface area (Å²) < 4.78 is 0. The molecule has 0 spiro atoms. The van der Waals surface area contributed by atoms with Crippen molar-refractivity contribution >= 4 is 35.9 Å². The van der Waals surface area contributed by atoms with Crippen LogP contribution in [0, 0.1) is 5.92 Å². The van der Waals surface area contributed by atoms with E-state index in [4.69, 9.17) is 11.5 Å². The van der Waals surface area contributed by atoms with Gasteiger partial charge in [-0.3, -0.25) is 9.59 Å². The van der Waals surface area contributed by atoms with Crippen LogP contribution in [0.5, 0.6) is 0 Å². The molecule has 1 aromatic carbocycles. The van der Waals surface area contributed by atoms with Crippen LogP contribution >= 0.6 is 12.4 Å². The van der Waals surface area contributed by atoms with Crippen molar-refractivity contribution in [2.24, 2.45) is 17.4 Å². The van der Waals surface area contributed by atoms with Gasteiger partial charge >= 0.3 is 6.03 Å². The Morgan fingerprint density at radius 3 is 2.12 bits per heavy atom. The summed E-state index contributed by atoms with van der Waals surface area (Å²) in [5, 5.41) is 7.74. The van der Waals surface area contributed by atoms with Gasteiger partial charge in [-0.05, 0) is 30.5 Å². The predicted octanol–water partition coefficient (Wildman–Crippen LogP) is 0.876. The van der Waals surface area contributed by atoms with Crippen LogP contribution in [-0.4, -0.2) is 30.4 Å². The second kappa shape index (κ2) is 10.5. The molecule has 0 saturated heterocycles. The molecule has 0 fully saturated rings. The maximum Gasteiger partial charge on any atom is 0.316 e. The molecule has 0 aliphatic rings. The molecule has 140 valence electrons. The fourth-order valence-electron chi connectivity index (χ4n) is 1.96. The summed E-state index contributed by atoms with van der Waals surface area (Å²) in [7, 11) is 0. The standard InChI is InChI=1S/C16H25N5O3.ClH/c1-9(2)14(17)15(23)19-8-13(22)20-10(3)11-4-6-12(7-5-11)21-16(18)24;/h4-7,9-10,14H,8,17H2,1-3H3,(H,19,23)(H,20,22)(H3,18,21,24);1H/t10?,14-;/m0./s1. The van der Waals surface area contributed by atoms with Crippen molar-refractivity contribution in [2.45, 2.75) is 32.9 Å². The van der Waals surface area contributed by atoms with Gasteiger partial charge in [0.1, 0.15) is 0 Å². The normalized spacial score (nSPS) is 12.5. The molecule has 0 saturated carbocycles. The van der Waals surface area contributed by atoms with Gasteiger partial charge in [0.2, 0.25) is 11.8 Å². The second-order valence-electron chi connectivity index (χ2n) is 5.89. The van der Waals surface area contributed by atoms with Crippen molar-refractivity contribution in [3.8, 4) is 0 Å². The number of anilines is 1. The average molecular weight is 372 g/mol. The van der Waals surface area contributed by atoms with Crippen LogP contribution in [0.3, 0.4) is 0 Å². The fraction of sp³-hybridized carbons (Fsp3) is 0.438. The van der Waals surface area contributed by atoms with E-state index < -0.39 is 12.1 Å². The molecule has 1 unspecified atom stereocenters. The highest BCUT2D eigenvalue weighted by Crippen LogP contribution is 2.15. The van der Waals surface area contributed by atoms with E-state index in [1.165, 1.54) is 0 Å². The molecule has 0 aromatic heterocycles. The van der Waals surface area contributed by atoms with Crippen molar-refractivity contribution in [3.63, 3.8) is 0 Å². The summed E-state index contributed by atoms with van der Waals surface area (Å²) in [5.41, 5.74) is 12.2. The number of carbonyl (C=O) groups is 3. The Balaban J connectivity index is 0.00000576. The highest BCUT2D eigenvalue weighted by molar-refractivity contribution is 5.88. The predicted molar refractivity (Wildman–Crippen MR) is 99.3 cm³/mol. The first-order valence-corrected chi connectivity index (χ1v) is 7.69. The Morgan fingerprint density at radius 1 is 1.08 bits per heavy atom. The van der Waals surface area contributed by atoms with Crippen molar-refractivity contribution in [1.29, 1.82) is 0 Å². The zero-order valence-corrected chi connectivity index (χ0v) is 15.4. The maximum absolute atomic E-state index is 11.9. The highest BCUT2D eigenvalue weighted by Gasteiger charge is 2.18. The van der Waals surface area contributed by atoms with Crippen LogP contribution in [-0.2, 0) is 9.59 Å². The van der Waals surface area contributed by atoms with Crippen LogP contribution < -0.4 is 27.4 Å². The number of hydrogen-bond donors (Lipinski definition) is 5. The van der Waals surface area contributed by atoms with Crippen LogP contribution in [0.1, 0.15) is 32.4 Å². The Labute approximate surface area is 153 Å². The first-order valence-electron chi connectivity index (χ1n) is 7.69. The molecule has 0 radical (unpaired) electrons. The molecule has 9 heteroatoms. The summed E-state index contributed by atoms with van der Waals surface area (Å²) in [6.45, 7) is 5.35. The van der Waals surface area contributed by atoms with Gasteiger partial charge < -0.3 is 27.4 Å². The molecule has 0 heterocycles. The van der Waals surface area contributed by atoms with Gasteiger partial charge in [-0.1, -0.05) is 26.0 Å². The topological polar surface area (TPSA) is 139 Å². The number of benzene rings is 1. The summed E-state index contributed by atoms with van der Waals surface area (Å²) in [5.74, 6) is -0.666. The minimum atomic E-state index is -0.639. The Hall–Kier alpha value is -2.32. The van der Waals surface area contributed by atoms with E-state index in [1.54, 1.807) is 24.3 Å². The molecule has 0 aliphatic carbocycles. The van der Waals surface area contributed by atoms with Crippen molar-refractivity contribution < 1.29 is 14.4 Å². The molecule has 1 aromatic rings. The number of nitrogens with two attached hydrogens (primary N) is 2. The zero-order chi connectivity index (χ0) is 18.3. The lowest BCUT2D eigenvalue weighted by molar-refractivity contribution is -0.127. The molecule has 0 aliphatic heterocycles. The first kappa shape index (κ1) is 22.7. The second-order valence-corrected chi connectivity index (χ2v) is 5.89. The first-order chi connectivity index (χ1) is 11.2. The third-order valence-electron chi connectivity index (χ3n) is 3.50. The molecule has 25 heavy (non-hydrogen) atoms. The highest BCUT2D eigenvalue weighted by atomic mass is 35.5. The third-order valence-corrected chi connectivity index (χ3v) is 3.50. The quantitative estimate of drug-likeness (QED) is 0.485. The fourth-order valence-corrected chi connectivity index (χ4v) is 1.96. The Kier molecular flexibility index (Phi) is 9.55. The van der Waals surface area contributed by atoms with E-state index in [1.807, 2.05) is 20.8 Å². The van der Waals surface area contributed by atoms with Crippen LogP contribution in [0.4, 0.5) is 10.5 Å². The lowest BCUT2D eigenvalue weighted by Gasteiger charge is -2.17. The van der Waals surface area contributed by atoms with Gasteiger partial charge in [-0.25, -0.2) is 4.79 Å². The van der Waals surface area contributed by atoms with Crippen molar-refractivity contribution in [2.75, 3.05) is 11.9 Å². The zero-order valence-electron chi connectivity index (χ0n) is 14.5. The van der Waals surface area contributed by atoms with Gasteiger partial charge in [0.15, 0.2) is 0 Å². The molecular weight excluding hydrogens is 346 g/mol. The number of carbonyl (C=O) groups excluding carboxylic acids is 3. The largest absolute Gasteiger partial charge is 0.351 e. The number of primary amides is 1. The number of nitrogens with one attached hydrogen (secondary N) is 3. The van der Waals surface area contributed by atoms with Gasteiger partial charge in [-0.2, -0.15) is 0 Å². The molecule has 1 rings (SSSR count). The maximum atomic E-state index is 11.9. The third kappa shape index (κ3) is 7.86. The van der Waals surface area contributed by atoms with Crippen LogP contribution in [0.25, 0.3) is 0 Å². The van der Waals surface area contributed by atoms with Gasteiger partial charge in [0, 0.05) is 5.69 Å². The number of amides is 4. The summed E-state index contributed by atoms with van der Waals surface area (Å²) in [6, 6.07) is 5.38. The lowest BCUT2D eigenvalue weighted by atomic mass is 10.1. The van der Waals surface area contributed by atoms with E-state index >= 15 is 0 Å². The summed E-state index contributed by atoms with van der Waals surface area (Å²) >= 11 is 0. The number of rotatable bonds is 7. The minimum Gasteiger partial charge on any atom is -0.351 e. The van der Waals surface area contributed by atoms with Crippen LogP contribution in [0.15, 0.2) is 24.3 Å². The number of urea groups is 1. The van der Waals surface area contributed by atoms with E-state index in [0.29, 0.717) is 5.69 Å². The molecule has 2 atom stereocenters. The molecule has 8 nitrogen and oxygen atoms in total. The minimum absolute atomic E-state index is 0. The lowest BCUT2D eigenvalue weighted by Crippen LogP contribution is -2.47. The monoisotopic (exact) mass is 371 g/mol. The smallest absolute Gasteiger partial charge is 0.316 e. The van der Waals surface area contributed by atoms with E-state index in [-0.39, 0.29) is 42.7 Å². The Morgan fingerprint density at radius 2 is 1.64 bits per heavy atom. The van der Waals surface area contributed by atoms with Gasteiger partial charge in [-0.15, -0.1) is 12.4 Å². The van der Waals surface area contributed by atoms with Gasteiger partial charge in [0.05, 0.1) is 18.6 Å². The molecule has 7 N–H and O–H groups in total. The van der Waals surface area contributed by atoms with E-state index in [0.717, 1.165) is 5.56 Å². The molecule has 4 amide bonds.